The Balaban J connectivity index is 2.38. The molecule has 88 valence electrons. The van der Waals surface area contributed by atoms with Crippen LogP contribution < -0.4 is 15.5 Å². The minimum absolute atomic E-state index is 0.605. The van der Waals surface area contributed by atoms with E-state index in [0.29, 0.717) is 4.80 Å². The number of nitrogens with zero attached hydrogens (tertiary/aromatic N) is 2. The van der Waals surface area contributed by atoms with E-state index in [0.717, 1.165) is 35.6 Å². The molecule has 17 heavy (non-hydrogen) atoms. The average Bonchev–Trinajstić information content (AvgIpc) is 2.38. The van der Waals surface area contributed by atoms with Crippen LogP contribution in [0.4, 0.5) is 5.82 Å². The van der Waals surface area contributed by atoms with Crippen molar-refractivity contribution in [2.75, 3.05) is 18.9 Å². The highest BCUT2D eigenvalue weighted by Crippen LogP contribution is 2.31. The van der Waals surface area contributed by atoms with Crippen molar-refractivity contribution >= 4 is 17.2 Å². The third-order valence-corrected chi connectivity index (χ3v) is 4.02. The molecule has 4 nitrogen and oxygen atoms in total. The molecule has 3 aliphatic rings. The number of rotatable bonds is 0. The highest BCUT2D eigenvalue weighted by molar-refractivity contribution is 7.12. The minimum Gasteiger partial charge on any atom is -0.371 e. The van der Waals surface area contributed by atoms with E-state index in [1.54, 1.807) is 7.05 Å². The summed E-state index contributed by atoms with van der Waals surface area (Å²) in [4.78, 5) is 5.91. The lowest BCUT2D eigenvalue weighted by molar-refractivity contribution is 0.607. The van der Waals surface area contributed by atoms with Crippen molar-refractivity contribution < 1.29 is 0 Å². The van der Waals surface area contributed by atoms with Crippen molar-refractivity contribution in [3.05, 3.63) is 28.4 Å². The third kappa shape index (κ3) is 1.67. The Bertz CT molecular complexity index is 653. The summed E-state index contributed by atoms with van der Waals surface area (Å²) in [6.07, 6.45) is 1.09. The van der Waals surface area contributed by atoms with E-state index in [1.165, 1.54) is 16.9 Å². The number of anilines is 1. The van der Waals surface area contributed by atoms with Crippen molar-refractivity contribution in [1.29, 1.82) is 5.41 Å². The lowest BCUT2D eigenvalue weighted by Gasteiger charge is -2.24. The van der Waals surface area contributed by atoms with Crippen molar-refractivity contribution in [2.24, 2.45) is 4.99 Å². The molecule has 2 heterocycles. The fourth-order valence-electron chi connectivity index (χ4n) is 2.18. The Hall–Kier alpha value is -1.62. The molecule has 0 fully saturated rings. The summed E-state index contributed by atoms with van der Waals surface area (Å²) in [7, 11) is 1.79. The first kappa shape index (κ1) is 10.5. The van der Waals surface area contributed by atoms with E-state index in [1.807, 2.05) is 6.07 Å². The molecule has 2 aliphatic heterocycles. The van der Waals surface area contributed by atoms with Crippen LogP contribution in [0.2, 0.25) is 0 Å². The summed E-state index contributed by atoms with van der Waals surface area (Å²) in [5.74, 6) is 1.08. The van der Waals surface area contributed by atoms with E-state index in [9.17, 15) is 0 Å². The van der Waals surface area contributed by atoms with E-state index in [4.69, 9.17) is 5.41 Å². The number of benzene rings is 1. The van der Waals surface area contributed by atoms with Crippen LogP contribution in [0.5, 0.6) is 0 Å². The van der Waals surface area contributed by atoms with Gasteiger partial charge in [0.1, 0.15) is 5.82 Å². The monoisotopic (exact) mass is 246 g/mol. The minimum atomic E-state index is 0.605. The Labute approximate surface area is 103 Å². The predicted molar refractivity (Wildman–Crippen MR) is 69.4 cm³/mol. The molecule has 1 aliphatic carbocycles. The molecule has 0 bridgehead atoms. The molecule has 0 aromatic heterocycles. The van der Waals surface area contributed by atoms with Gasteiger partial charge in [0.2, 0.25) is 0 Å². The summed E-state index contributed by atoms with van der Waals surface area (Å²) >= 11 is 1.52. The number of aromatic nitrogens is 1. The zero-order valence-electron chi connectivity index (χ0n) is 9.66. The molecule has 0 spiro atoms. The van der Waals surface area contributed by atoms with Crippen LogP contribution in [0.15, 0.2) is 23.2 Å². The van der Waals surface area contributed by atoms with Crippen LogP contribution in [0.1, 0.15) is 6.42 Å². The van der Waals surface area contributed by atoms with Gasteiger partial charge < -0.3 is 9.88 Å². The first-order valence-corrected chi connectivity index (χ1v) is 6.50. The lowest BCUT2D eigenvalue weighted by atomic mass is 10.1. The van der Waals surface area contributed by atoms with Crippen LogP contribution in [-0.2, 0) is 6.54 Å². The maximum atomic E-state index is 8.07. The number of nitrogens with one attached hydrogen (secondary N) is 2. The van der Waals surface area contributed by atoms with Crippen LogP contribution in [0.3, 0.4) is 0 Å². The molecule has 0 unspecified atom stereocenters. The fraction of sp³-hybridized carbons (Fsp3) is 0.333. The van der Waals surface area contributed by atoms with E-state index in [2.05, 4.69) is 27.0 Å². The first-order chi connectivity index (χ1) is 8.29. The Morgan fingerprint density at radius 3 is 3.18 bits per heavy atom. The SMILES string of the molecule is CN=c1ccc2c3n(c(=N)sc-2c1)CCCN3. The van der Waals surface area contributed by atoms with Gasteiger partial charge in [0, 0.05) is 30.6 Å². The quantitative estimate of drug-likeness (QED) is 0.727. The predicted octanol–water partition coefficient (Wildman–Crippen LogP) is 1.48. The summed E-state index contributed by atoms with van der Waals surface area (Å²) in [5, 5.41) is 12.4. The van der Waals surface area contributed by atoms with E-state index < -0.39 is 0 Å². The maximum absolute atomic E-state index is 8.07. The summed E-state index contributed by atoms with van der Waals surface area (Å²) < 4.78 is 2.05. The highest BCUT2D eigenvalue weighted by atomic mass is 32.1. The molecular weight excluding hydrogens is 232 g/mol. The molecule has 2 N–H and O–H groups in total. The van der Waals surface area contributed by atoms with Gasteiger partial charge in [-0.15, -0.1) is 0 Å². The van der Waals surface area contributed by atoms with Gasteiger partial charge in [-0.2, -0.15) is 0 Å². The Kier molecular flexibility index (Phi) is 2.48. The molecule has 0 radical (unpaired) electrons. The van der Waals surface area contributed by atoms with Crippen LogP contribution >= 0.6 is 11.3 Å². The molecule has 0 aromatic carbocycles. The molecule has 0 amide bonds. The fourth-order valence-corrected chi connectivity index (χ4v) is 3.14. The number of hydrogen-bond acceptors (Lipinski definition) is 4. The molecule has 0 saturated heterocycles. The Morgan fingerprint density at radius 1 is 1.47 bits per heavy atom. The van der Waals surface area contributed by atoms with Crippen molar-refractivity contribution in [3.8, 4) is 10.4 Å². The molecule has 0 saturated carbocycles. The molecule has 0 atom stereocenters. The van der Waals surface area contributed by atoms with Crippen LogP contribution in [0, 0.1) is 5.41 Å². The average molecular weight is 246 g/mol. The zero-order valence-corrected chi connectivity index (χ0v) is 10.5. The standard InChI is InChI=1S/C12H14N4S/c1-14-8-3-4-9-10(7-8)17-12(13)16-6-2-5-15-11(9)16/h3-4,7,13,15H,2,5-6H2,1H3. The van der Waals surface area contributed by atoms with Gasteiger partial charge in [-0.1, -0.05) is 11.3 Å². The van der Waals surface area contributed by atoms with Gasteiger partial charge in [0.05, 0.1) is 5.36 Å². The van der Waals surface area contributed by atoms with Gasteiger partial charge in [-0.25, -0.2) is 0 Å². The number of fused-ring (bicyclic) bond motifs is 3. The highest BCUT2D eigenvalue weighted by Gasteiger charge is 2.16. The van der Waals surface area contributed by atoms with Crippen LogP contribution in [0.25, 0.3) is 10.4 Å². The van der Waals surface area contributed by atoms with Gasteiger partial charge >= 0.3 is 0 Å². The molecule has 5 heteroatoms. The second kappa shape index (κ2) is 4.00. The summed E-state index contributed by atoms with van der Waals surface area (Å²) in [6, 6.07) is 6.17. The maximum Gasteiger partial charge on any atom is 0.183 e. The normalized spacial score (nSPS) is 15.7. The van der Waals surface area contributed by atoms with E-state index in [-0.39, 0.29) is 0 Å². The summed E-state index contributed by atoms with van der Waals surface area (Å²) in [6.45, 7) is 1.93. The van der Waals surface area contributed by atoms with Gasteiger partial charge in [0.15, 0.2) is 4.80 Å². The third-order valence-electron chi connectivity index (χ3n) is 3.05. The topological polar surface area (TPSA) is 53.2 Å². The molecule has 3 rings (SSSR count). The summed E-state index contributed by atoms with van der Waals surface area (Å²) in [5.41, 5.74) is 1.19. The molecule has 0 aromatic rings. The largest absolute Gasteiger partial charge is 0.371 e. The second-order valence-electron chi connectivity index (χ2n) is 4.09. The van der Waals surface area contributed by atoms with Crippen molar-refractivity contribution in [3.63, 3.8) is 0 Å². The first-order valence-electron chi connectivity index (χ1n) is 5.68. The lowest BCUT2D eigenvalue weighted by Crippen LogP contribution is -2.28. The van der Waals surface area contributed by atoms with Gasteiger partial charge in [0.25, 0.3) is 0 Å². The van der Waals surface area contributed by atoms with Crippen molar-refractivity contribution in [2.45, 2.75) is 13.0 Å². The second-order valence-corrected chi connectivity index (χ2v) is 5.12. The zero-order chi connectivity index (χ0) is 11.8. The molecular formula is C12H14N4S. The Morgan fingerprint density at radius 2 is 2.35 bits per heavy atom. The van der Waals surface area contributed by atoms with Crippen LogP contribution in [-0.4, -0.2) is 18.2 Å². The number of hydrogen-bond donors (Lipinski definition) is 2. The van der Waals surface area contributed by atoms with Gasteiger partial charge in [-0.3, -0.25) is 10.4 Å². The smallest absolute Gasteiger partial charge is 0.183 e. The van der Waals surface area contributed by atoms with E-state index >= 15 is 0 Å². The van der Waals surface area contributed by atoms with Gasteiger partial charge in [-0.05, 0) is 24.6 Å². The van der Waals surface area contributed by atoms with Crippen molar-refractivity contribution in [1.82, 2.24) is 4.57 Å².